The average molecular weight is 324 g/mol. The van der Waals surface area contributed by atoms with Crippen LogP contribution in [-0.2, 0) is 10.0 Å². The van der Waals surface area contributed by atoms with Crippen LogP contribution < -0.4 is 0 Å². The molecule has 2 rings (SSSR count). The lowest BCUT2D eigenvalue weighted by Crippen LogP contribution is -2.28. The first-order valence-corrected chi connectivity index (χ1v) is 8.23. The summed E-state index contributed by atoms with van der Waals surface area (Å²) < 4.78 is 26.8. The highest BCUT2D eigenvalue weighted by molar-refractivity contribution is 7.89. The lowest BCUT2D eigenvalue weighted by molar-refractivity contribution is 0.0698. The van der Waals surface area contributed by atoms with Crippen molar-refractivity contribution in [1.29, 1.82) is 5.26 Å². The smallest absolute Gasteiger partial charge is 0.347 e. The Labute approximate surface area is 125 Å². The quantitative estimate of drug-likeness (QED) is 0.908. The van der Waals surface area contributed by atoms with Gasteiger partial charge in [0.1, 0.15) is 9.77 Å². The first-order valence-electron chi connectivity index (χ1n) is 5.97. The van der Waals surface area contributed by atoms with Crippen molar-refractivity contribution in [3.63, 3.8) is 0 Å². The first-order chi connectivity index (χ1) is 9.89. The van der Waals surface area contributed by atoms with Gasteiger partial charge in [0.2, 0.25) is 10.0 Å². The fourth-order valence-corrected chi connectivity index (χ4v) is 4.77. The fourth-order valence-electron chi connectivity index (χ4n) is 1.90. The Morgan fingerprint density at radius 3 is 2.71 bits per heavy atom. The first kappa shape index (κ1) is 15.4. The van der Waals surface area contributed by atoms with Crippen molar-refractivity contribution in [2.45, 2.75) is 11.3 Å². The maximum absolute atomic E-state index is 12.6. The van der Waals surface area contributed by atoms with Crippen molar-refractivity contribution < 1.29 is 18.3 Å². The molecule has 6 nitrogen and oxygen atoms in total. The van der Waals surface area contributed by atoms with Crippen LogP contribution in [0.3, 0.4) is 0 Å². The van der Waals surface area contributed by atoms with Gasteiger partial charge in [-0.25, -0.2) is 13.2 Å². The molecule has 0 fully saturated rings. The van der Waals surface area contributed by atoms with E-state index in [4.69, 9.17) is 5.26 Å². The Morgan fingerprint density at radius 2 is 2.10 bits per heavy atom. The van der Waals surface area contributed by atoms with E-state index in [2.05, 4.69) is 0 Å². The van der Waals surface area contributed by atoms with Crippen LogP contribution in [0.4, 0.5) is 0 Å². The Hall–Kier alpha value is -1.95. The molecule has 1 heterocycles. The Kier molecular flexibility index (Phi) is 4.27. The van der Waals surface area contributed by atoms with E-state index < -0.39 is 16.0 Å². The summed E-state index contributed by atoms with van der Waals surface area (Å²) in [4.78, 5) is 10.9. The molecule has 1 N–H and O–H groups in total. The number of fused-ring (bicyclic) bond motifs is 1. The summed E-state index contributed by atoms with van der Waals surface area (Å²) in [5.74, 6) is -1.27. The number of aromatic carboxylic acids is 1. The minimum atomic E-state index is -3.96. The summed E-state index contributed by atoms with van der Waals surface area (Å²) in [5, 5.41) is 18.2. The van der Waals surface area contributed by atoms with Gasteiger partial charge in [-0.3, -0.25) is 0 Å². The summed E-state index contributed by atoms with van der Waals surface area (Å²) in [6, 6.07) is 8.52. The van der Waals surface area contributed by atoms with Crippen LogP contribution in [-0.4, -0.2) is 37.4 Å². The second kappa shape index (κ2) is 5.81. The van der Waals surface area contributed by atoms with E-state index in [0.717, 1.165) is 15.6 Å². The molecule has 1 aromatic heterocycles. The van der Waals surface area contributed by atoms with E-state index >= 15 is 0 Å². The molecule has 8 heteroatoms. The van der Waals surface area contributed by atoms with Crippen LogP contribution in [0.2, 0.25) is 0 Å². The van der Waals surface area contributed by atoms with Gasteiger partial charge in [0, 0.05) is 30.1 Å². The number of carboxylic acids is 1. The van der Waals surface area contributed by atoms with Gasteiger partial charge in [0.05, 0.1) is 6.07 Å². The molecule has 21 heavy (non-hydrogen) atoms. The highest BCUT2D eigenvalue weighted by Gasteiger charge is 2.31. The number of hydrogen-bond acceptors (Lipinski definition) is 5. The maximum atomic E-state index is 12.6. The number of thiophene rings is 1. The van der Waals surface area contributed by atoms with Gasteiger partial charge in [-0.05, 0) is 6.07 Å². The molecule has 0 radical (unpaired) electrons. The number of sulfonamides is 1. The van der Waals surface area contributed by atoms with Gasteiger partial charge in [-0.2, -0.15) is 9.57 Å². The van der Waals surface area contributed by atoms with Crippen LogP contribution in [0.15, 0.2) is 29.2 Å². The van der Waals surface area contributed by atoms with E-state index in [-0.39, 0.29) is 22.7 Å². The molecular weight excluding hydrogens is 312 g/mol. The molecule has 0 aliphatic carbocycles. The summed E-state index contributed by atoms with van der Waals surface area (Å²) in [6.45, 7) is 0.0159. The Morgan fingerprint density at radius 1 is 1.43 bits per heavy atom. The molecule has 0 spiro atoms. The number of carboxylic acid groups (broad SMARTS) is 1. The molecule has 0 saturated carbocycles. The van der Waals surface area contributed by atoms with Crippen LogP contribution in [0.25, 0.3) is 10.1 Å². The largest absolute Gasteiger partial charge is 0.477 e. The highest BCUT2D eigenvalue weighted by Crippen LogP contribution is 2.36. The highest BCUT2D eigenvalue weighted by atomic mass is 32.2. The zero-order valence-electron chi connectivity index (χ0n) is 11.1. The number of benzene rings is 1. The molecule has 0 saturated heterocycles. The summed E-state index contributed by atoms with van der Waals surface area (Å²) >= 11 is 0.930. The van der Waals surface area contributed by atoms with E-state index in [9.17, 15) is 18.3 Å². The third-order valence-corrected chi connectivity index (χ3v) is 6.18. The lowest BCUT2D eigenvalue weighted by atomic mass is 10.2. The number of hydrogen-bond donors (Lipinski definition) is 1. The SMILES string of the molecule is CN(CCC#N)S(=O)(=O)c1c(C(=O)O)sc2ccccc12. The van der Waals surface area contributed by atoms with Crippen molar-refractivity contribution in [3.8, 4) is 6.07 Å². The van der Waals surface area contributed by atoms with Crippen molar-refractivity contribution in [1.82, 2.24) is 4.31 Å². The summed E-state index contributed by atoms with van der Waals surface area (Å²) in [7, 11) is -2.62. The summed E-state index contributed by atoms with van der Waals surface area (Å²) in [6.07, 6.45) is 0.0419. The molecule has 1 aromatic carbocycles. The van der Waals surface area contributed by atoms with Crippen molar-refractivity contribution in [3.05, 3.63) is 29.1 Å². The third kappa shape index (κ3) is 2.76. The van der Waals surface area contributed by atoms with Gasteiger partial charge in [0.15, 0.2) is 0 Å². The van der Waals surface area contributed by atoms with Crippen LogP contribution in [0.5, 0.6) is 0 Å². The minimum Gasteiger partial charge on any atom is -0.477 e. The number of nitriles is 1. The standard InChI is InChI=1S/C13H12N2O4S2/c1-15(8-4-7-14)21(18,19)12-9-5-2-3-6-10(9)20-11(12)13(16)17/h2-3,5-6H,4,8H2,1H3,(H,16,17). The molecule has 110 valence electrons. The monoisotopic (exact) mass is 324 g/mol. The molecule has 2 aromatic rings. The second-order valence-corrected chi connectivity index (χ2v) is 7.33. The Bertz CT molecular complexity index is 833. The number of rotatable bonds is 5. The van der Waals surface area contributed by atoms with Gasteiger partial charge < -0.3 is 5.11 Å². The Balaban J connectivity index is 2.67. The van der Waals surface area contributed by atoms with Gasteiger partial charge in [0.25, 0.3) is 0 Å². The molecular formula is C13H12N2O4S2. The second-order valence-electron chi connectivity index (χ2n) is 4.30. The lowest BCUT2D eigenvalue weighted by Gasteiger charge is -2.15. The predicted octanol–water partition coefficient (Wildman–Crippen LogP) is 2.13. The van der Waals surface area contributed by atoms with Crippen LogP contribution >= 0.6 is 11.3 Å². The zero-order chi connectivity index (χ0) is 15.6. The molecule has 0 bridgehead atoms. The number of nitrogens with zero attached hydrogens (tertiary/aromatic N) is 2. The normalized spacial score (nSPS) is 11.7. The van der Waals surface area contributed by atoms with Crippen molar-refractivity contribution in [2.24, 2.45) is 0 Å². The molecule has 0 amide bonds. The topological polar surface area (TPSA) is 98.5 Å². The maximum Gasteiger partial charge on any atom is 0.347 e. The molecule has 0 atom stereocenters. The van der Waals surface area contributed by atoms with Crippen LogP contribution in [0, 0.1) is 11.3 Å². The molecule has 0 aliphatic rings. The predicted molar refractivity (Wildman–Crippen MR) is 78.8 cm³/mol. The third-order valence-electron chi connectivity index (χ3n) is 2.95. The van der Waals surface area contributed by atoms with E-state index in [0.29, 0.717) is 10.1 Å². The average Bonchev–Trinajstić information content (AvgIpc) is 2.84. The molecule has 0 unspecified atom stereocenters. The van der Waals surface area contributed by atoms with Gasteiger partial charge >= 0.3 is 5.97 Å². The molecule has 0 aliphatic heterocycles. The van der Waals surface area contributed by atoms with Crippen LogP contribution in [0.1, 0.15) is 16.1 Å². The number of carbonyl (C=O) groups is 1. The van der Waals surface area contributed by atoms with Gasteiger partial charge in [-0.1, -0.05) is 18.2 Å². The van der Waals surface area contributed by atoms with E-state index in [1.165, 1.54) is 7.05 Å². The minimum absolute atomic E-state index is 0.0159. The van der Waals surface area contributed by atoms with Gasteiger partial charge in [-0.15, -0.1) is 11.3 Å². The van der Waals surface area contributed by atoms with E-state index in [1.54, 1.807) is 24.3 Å². The van der Waals surface area contributed by atoms with Crippen molar-refractivity contribution >= 4 is 37.4 Å². The fraction of sp³-hybridized carbons (Fsp3) is 0.231. The zero-order valence-corrected chi connectivity index (χ0v) is 12.7. The summed E-state index contributed by atoms with van der Waals surface area (Å²) in [5.41, 5.74) is 0. The van der Waals surface area contributed by atoms with E-state index in [1.807, 2.05) is 6.07 Å². The van der Waals surface area contributed by atoms with Crippen molar-refractivity contribution in [2.75, 3.05) is 13.6 Å².